The molecule has 0 atom stereocenters. The van der Waals surface area contributed by atoms with Crippen molar-refractivity contribution in [3.05, 3.63) is 108 Å². The van der Waals surface area contributed by atoms with Gasteiger partial charge in [-0.1, -0.05) is 90.1 Å². The van der Waals surface area contributed by atoms with Crippen LogP contribution < -0.4 is 35.5 Å². The first-order chi connectivity index (χ1) is 20.6. The predicted molar refractivity (Wildman–Crippen MR) is 176 cm³/mol. The molecule has 5 aromatic carbocycles. The SMILES string of the molecule is CC(C)(C)c1ccc2c(c1)B1c3cc(C(C)(C)C)ccc3Oc3cc(N4c5ccccc5Oc5ccccc54)cc(c31)O2. The minimum absolute atomic E-state index is 0.000381. The molecule has 0 saturated carbocycles. The van der Waals surface area contributed by atoms with E-state index in [2.05, 4.69) is 107 Å². The molecule has 8 rings (SSSR count). The fraction of sp³-hybridized carbons (Fsp3) is 0.211. The van der Waals surface area contributed by atoms with Crippen molar-refractivity contribution in [1.82, 2.24) is 0 Å². The molecule has 4 nitrogen and oxygen atoms in total. The number of fused-ring (bicyclic) bond motifs is 6. The number of anilines is 3. The minimum atomic E-state index is 0.000381. The fourth-order valence-electron chi connectivity index (χ4n) is 6.54. The van der Waals surface area contributed by atoms with E-state index in [1.807, 2.05) is 36.4 Å². The summed E-state index contributed by atoms with van der Waals surface area (Å²) < 4.78 is 19.8. The first-order valence-electron chi connectivity index (χ1n) is 15.0. The third-order valence-corrected chi connectivity index (χ3v) is 8.88. The Balaban J connectivity index is 1.37. The van der Waals surface area contributed by atoms with E-state index in [4.69, 9.17) is 14.2 Å². The van der Waals surface area contributed by atoms with Crippen LogP contribution in [0.5, 0.6) is 34.5 Å². The zero-order chi connectivity index (χ0) is 29.7. The summed E-state index contributed by atoms with van der Waals surface area (Å²) in [5.74, 6) is 5.05. The van der Waals surface area contributed by atoms with Crippen LogP contribution in [0.15, 0.2) is 97.1 Å². The van der Waals surface area contributed by atoms with Crippen LogP contribution in [-0.4, -0.2) is 6.71 Å². The summed E-state index contributed by atoms with van der Waals surface area (Å²) in [4.78, 5) is 2.24. The second-order valence-corrected chi connectivity index (χ2v) is 13.9. The van der Waals surface area contributed by atoms with Gasteiger partial charge >= 0.3 is 0 Å². The van der Waals surface area contributed by atoms with Crippen LogP contribution in [0.4, 0.5) is 17.1 Å². The van der Waals surface area contributed by atoms with Gasteiger partial charge in [-0.3, -0.25) is 0 Å². The molecule has 0 aromatic heterocycles. The first kappa shape index (κ1) is 26.0. The van der Waals surface area contributed by atoms with E-state index in [0.717, 1.165) is 57.0 Å². The zero-order valence-corrected chi connectivity index (χ0v) is 25.5. The Kier molecular flexibility index (Phi) is 5.41. The van der Waals surface area contributed by atoms with Gasteiger partial charge in [0.2, 0.25) is 0 Å². The van der Waals surface area contributed by atoms with Crippen LogP contribution in [0.1, 0.15) is 52.7 Å². The van der Waals surface area contributed by atoms with Crippen molar-refractivity contribution in [3.63, 3.8) is 0 Å². The summed E-state index contributed by atoms with van der Waals surface area (Å²) in [6.07, 6.45) is 0. The number of ether oxygens (including phenoxy) is 3. The second kappa shape index (κ2) is 8.93. The fourth-order valence-corrected chi connectivity index (χ4v) is 6.54. The van der Waals surface area contributed by atoms with E-state index in [-0.39, 0.29) is 17.5 Å². The maximum absolute atomic E-state index is 6.77. The summed E-state index contributed by atoms with van der Waals surface area (Å²) >= 11 is 0. The molecule has 0 saturated heterocycles. The second-order valence-electron chi connectivity index (χ2n) is 13.9. The van der Waals surface area contributed by atoms with Gasteiger partial charge in [-0.25, -0.2) is 0 Å². The minimum Gasteiger partial charge on any atom is -0.458 e. The third-order valence-electron chi connectivity index (χ3n) is 8.88. The van der Waals surface area contributed by atoms with E-state index in [1.165, 1.54) is 22.1 Å². The average molecular weight is 564 g/mol. The molecule has 0 spiro atoms. The van der Waals surface area contributed by atoms with E-state index < -0.39 is 0 Å². The van der Waals surface area contributed by atoms with Gasteiger partial charge in [0.15, 0.2) is 11.5 Å². The highest BCUT2D eigenvalue weighted by atomic mass is 16.5. The van der Waals surface area contributed by atoms with Crippen molar-refractivity contribution in [2.75, 3.05) is 4.90 Å². The standard InChI is InChI=1S/C38H34BNO3/c1-37(2,3)23-15-17-30-26(19-23)39-27-20-24(38(4,5)6)16-18-31(27)42-35-22-25(21-34(41-30)36(35)39)40-28-11-7-9-13-32(28)43-33-14-10-8-12-29(33)40/h7-22H,1-6H3. The lowest BCUT2D eigenvalue weighted by molar-refractivity contribution is 0.463. The molecular formula is C38H34BNO3. The molecule has 3 aliphatic heterocycles. The predicted octanol–water partition coefficient (Wildman–Crippen LogP) is 8.58. The largest absolute Gasteiger partial charge is 0.458 e. The number of nitrogens with zero attached hydrogens (tertiary/aromatic N) is 1. The van der Waals surface area contributed by atoms with Crippen LogP contribution >= 0.6 is 0 Å². The van der Waals surface area contributed by atoms with Crippen LogP contribution in [0.25, 0.3) is 0 Å². The Labute approximate surface area is 253 Å². The maximum atomic E-state index is 6.77. The number of benzene rings is 5. The van der Waals surface area contributed by atoms with Gasteiger partial charge in [-0.15, -0.1) is 0 Å². The van der Waals surface area contributed by atoms with Crippen molar-refractivity contribution in [2.24, 2.45) is 0 Å². The molecule has 3 heterocycles. The van der Waals surface area contributed by atoms with Gasteiger partial charge in [-0.05, 0) is 69.3 Å². The van der Waals surface area contributed by atoms with Crippen molar-refractivity contribution >= 4 is 40.2 Å². The smallest absolute Gasteiger partial charge is 0.260 e. The summed E-state index contributed by atoms with van der Waals surface area (Å²) in [6, 6.07) is 34.0. The highest BCUT2D eigenvalue weighted by Gasteiger charge is 2.42. The number of rotatable bonds is 1. The Bertz CT molecular complexity index is 1810. The molecule has 0 N–H and O–H groups in total. The lowest BCUT2D eigenvalue weighted by atomic mass is 9.34. The Morgan fingerprint density at radius 2 is 0.930 bits per heavy atom. The highest BCUT2D eigenvalue weighted by Crippen LogP contribution is 2.51. The molecule has 0 amide bonds. The molecule has 212 valence electrons. The highest BCUT2D eigenvalue weighted by molar-refractivity contribution is 6.98. The van der Waals surface area contributed by atoms with E-state index >= 15 is 0 Å². The van der Waals surface area contributed by atoms with Gasteiger partial charge in [0.1, 0.15) is 23.0 Å². The Morgan fingerprint density at radius 3 is 1.40 bits per heavy atom. The maximum Gasteiger partial charge on any atom is 0.260 e. The Hall–Kier alpha value is -4.64. The van der Waals surface area contributed by atoms with Gasteiger partial charge in [0.25, 0.3) is 6.71 Å². The van der Waals surface area contributed by atoms with Crippen molar-refractivity contribution in [1.29, 1.82) is 0 Å². The van der Waals surface area contributed by atoms with Gasteiger partial charge in [-0.2, -0.15) is 0 Å². The van der Waals surface area contributed by atoms with Crippen LogP contribution in [0, 0.1) is 0 Å². The molecule has 0 bridgehead atoms. The van der Waals surface area contributed by atoms with Gasteiger partial charge in [0.05, 0.1) is 17.1 Å². The third kappa shape index (κ3) is 4.05. The lowest BCUT2D eigenvalue weighted by Gasteiger charge is -2.37. The van der Waals surface area contributed by atoms with Crippen LogP contribution in [0.3, 0.4) is 0 Å². The molecule has 0 aliphatic carbocycles. The molecular weight excluding hydrogens is 529 g/mol. The number of hydrogen-bond acceptors (Lipinski definition) is 4. The molecule has 3 aliphatic rings. The van der Waals surface area contributed by atoms with Gasteiger partial charge < -0.3 is 19.1 Å². The summed E-state index contributed by atoms with van der Waals surface area (Å²) in [6.45, 7) is 13.6. The van der Waals surface area contributed by atoms with Crippen LogP contribution in [-0.2, 0) is 10.8 Å². The summed E-state index contributed by atoms with van der Waals surface area (Å²) in [5.41, 5.74) is 8.97. The van der Waals surface area contributed by atoms with E-state index in [1.54, 1.807) is 0 Å². The average Bonchev–Trinajstić information content (AvgIpc) is 2.98. The topological polar surface area (TPSA) is 30.9 Å². The lowest BCUT2D eigenvalue weighted by Crippen LogP contribution is -2.57. The molecule has 5 aromatic rings. The van der Waals surface area contributed by atoms with Crippen LogP contribution in [0.2, 0.25) is 0 Å². The molecule has 0 fully saturated rings. The summed E-state index contributed by atoms with van der Waals surface area (Å²) in [5, 5.41) is 0. The molecule has 43 heavy (non-hydrogen) atoms. The van der Waals surface area contributed by atoms with Crippen molar-refractivity contribution < 1.29 is 14.2 Å². The quantitative estimate of drug-likeness (QED) is 0.187. The summed E-state index contributed by atoms with van der Waals surface area (Å²) in [7, 11) is 0. The number of para-hydroxylation sites is 4. The molecule has 0 unspecified atom stereocenters. The molecule has 0 radical (unpaired) electrons. The van der Waals surface area contributed by atoms with Crippen molar-refractivity contribution in [3.8, 4) is 34.5 Å². The zero-order valence-electron chi connectivity index (χ0n) is 25.5. The Morgan fingerprint density at radius 1 is 0.488 bits per heavy atom. The monoisotopic (exact) mass is 563 g/mol. The van der Waals surface area contributed by atoms with E-state index in [0.29, 0.717) is 0 Å². The van der Waals surface area contributed by atoms with Crippen molar-refractivity contribution in [2.45, 2.75) is 52.4 Å². The van der Waals surface area contributed by atoms with E-state index in [9.17, 15) is 0 Å². The normalized spacial score (nSPS) is 14.3. The molecule has 5 heteroatoms. The first-order valence-corrected chi connectivity index (χ1v) is 15.0. The number of hydrogen-bond donors (Lipinski definition) is 0. The van der Waals surface area contributed by atoms with Gasteiger partial charge in [0, 0.05) is 17.6 Å².